The van der Waals surface area contributed by atoms with E-state index in [1.807, 2.05) is 60.7 Å². The predicted octanol–water partition coefficient (Wildman–Crippen LogP) is 3.06. The molecule has 0 radical (unpaired) electrons. The lowest BCUT2D eigenvalue weighted by Crippen LogP contribution is -2.46. The second-order valence-electron chi connectivity index (χ2n) is 5.81. The van der Waals surface area contributed by atoms with Gasteiger partial charge < -0.3 is 19.3 Å². The summed E-state index contributed by atoms with van der Waals surface area (Å²) in [5, 5.41) is 9.89. The summed E-state index contributed by atoms with van der Waals surface area (Å²) in [5.41, 5.74) is 2.64. The van der Waals surface area contributed by atoms with Crippen molar-refractivity contribution < 1.29 is 19.3 Å². The number of aliphatic hydroxyl groups excluding tert-OH is 1. The molecule has 1 fully saturated rings. The lowest BCUT2D eigenvalue weighted by molar-refractivity contribution is -0.186. The maximum Gasteiger partial charge on any atom is 0.179 e. The summed E-state index contributed by atoms with van der Waals surface area (Å²) in [6, 6.07) is 19.8. The van der Waals surface area contributed by atoms with Gasteiger partial charge in [-0.3, -0.25) is 0 Å². The van der Waals surface area contributed by atoms with E-state index in [9.17, 15) is 5.11 Å². The minimum Gasteiger partial charge on any atom is -0.368 e. The number of rotatable bonds is 6. The van der Waals surface area contributed by atoms with E-state index in [0.29, 0.717) is 18.8 Å². The molecule has 0 bridgehead atoms. The minimum atomic E-state index is -1.01. The van der Waals surface area contributed by atoms with Gasteiger partial charge in [0.05, 0.1) is 19.8 Å². The molecule has 24 heavy (non-hydrogen) atoms. The third kappa shape index (κ3) is 4.30. The zero-order chi connectivity index (χ0) is 16.8. The van der Waals surface area contributed by atoms with Crippen molar-refractivity contribution in [1.82, 2.24) is 0 Å². The Kier molecular flexibility index (Phi) is 5.77. The molecular weight excluding hydrogens is 304 g/mol. The van der Waals surface area contributed by atoms with E-state index < -0.39 is 12.4 Å². The van der Waals surface area contributed by atoms with Crippen molar-refractivity contribution in [3.63, 3.8) is 0 Å². The number of hydrogen-bond donors (Lipinski definition) is 1. The minimum absolute atomic E-state index is 0.270. The fraction of sp³-hybridized carbons (Fsp3) is 0.300. The van der Waals surface area contributed by atoms with Crippen LogP contribution in [0.25, 0.3) is 0 Å². The van der Waals surface area contributed by atoms with Gasteiger partial charge in [0.15, 0.2) is 6.29 Å². The first kappa shape index (κ1) is 16.9. The van der Waals surface area contributed by atoms with Crippen LogP contribution in [0.1, 0.15) is 11.1 Å². The lowest BCUT2D eigenvalue weighted by atomic mass is 10.0. The van der Waals surface area contributed by atoms with Gasteiger partial charge in [0, 0.05) is 5.57 Å². The van der Waals surface area contributed by atoms with E-state index >= 15 is 0 Å². The van der Waals surface area contributed by atoms with E-state index in [0.717, 1.165) is 11.1 Å². The van der Waals surface area contributed by atoms with Crippen molar-refractivity contribution in [2.24, 2.45) is 0 Å². The molecule has 1 unspecified atom stereocenters. The van der Waals surface area contributed by atoms with Gasteiger partial charge in [0.1, 0.15) is 12.2 Å². The Labute approximate surface area is 142 Å². The van der Waals surface area contributed by atoms with Crippen molar-refractivity contribution >= 4 is 0 Å². The lowest BCUT2D eigenvalue weighted by Gasteiger charge is -2.35. The standard InChI is InChI=1S/C20H22O4/c1-15-19(23-13-17-10-6-3-7-11-17)18(14-24-20(15)21)22-12-16-8-4-2-5-9-16/h2-11,18-21H,1,12-14H2/t18-,19+,20?/m0/s1. The van der Waals surface area contributed by atoms with Crippen LogP contribution in [0.15, 0.2) is 72.8 Å². The van der Waals surface area contributed by atoms with Crippen molar-refractivity contribution in [2.75, 3.05) is 6.61 Å². The number of ether oxygens (including phenoxy) is 3. The van der Waals surface area contributed by atoms with E-state index in [-0.39, 0.29) is 12.7 Å². The molecule has 126 valence electrons. The van der Waals surface area contributed by atoms with Gasteiger partial charge in [0.25, 0.3) is 0 Å². The highest BCUT2D eigenvalue weighted by Crippen LogP contribution is 2.25. The third-order valence-corrected chi connectivity index (χ3v) is 4.02. The van der Waals surface area contributed by atoms with Crippen molar-refractivity contribution in [3.05, 3.63) is 83.9 Å². The Hall–Kier alpha value is -1.98. The Morgan fingerprint density at radius 2 is 1.46 bits per heavy atom. The predicted molar refractivity (Wildman–Crippen MR) is 91.1 cm³/mol. The monoisotopic (exact) mass is 326 g/mol. The van der Waals surface area contributed by atoms with E-state index in [1.165, 1.54) is 0 Å². The molecule has 3 atom stereocenters. The average Bonchev–Trinajstić information content (AvgIpc) is 2.63. The summed E-state index contributed by atoms with van der Waals surface area (Å²) in [6.45, 7) is 5.08. The van der Waals surface area contributed by atoms with E-state index in [4.69, 9.17) is 14.2 Å². The largest absolute Gasteiger partial charge is 0.368 e. The Bertz CT molecular complexity index is 641. The first-order valence-electron chi connectivity index (χ1n) is 8.03. The molecule has 1 aliphatic rings. The molecular formula is C20H22O4. The first-order valence-corrected chi connectivity index (χ1v) is 8.03. The SMILES string of the molecule is C=C1C(O)OC[C@H](OCc2ccccc2)[C@@H]1OCc1ccccc1. The average molecular weight is 326 g/mol. The van der Waals surface area contributed by atoms with Gasteiger partial charge in [-0.1, -0.05) is 67.2 Å². The van der Waals surface area contributed by atoms with Crippen LogP contribution in [-0.2, 0) is 27.4 Å². The van der Waals surface area contributed by atoms with Gasteiger partial charge in [-0.25, -0.2) is 0 Å². The van der Waals surface area contributed by atoms with Crippen LogP contribution >= 0.6 is 0 Å². The van der Waals surface area contributed by atoms with Gasteiger partial charge in [-0.2, -0.15) is 0 Å². The van der Waals surface area contributed by atoms with Crippen molar-refractivity contribution in [1.29, 1.82) is 0 Å². The maximum atomic E-state index is 9.89. The maximum absolute atomic E-state index is 9.89. The molecule has 4 heteroatoms. The number of hydrogen-bond acceptors (Lipinski definition) is 4. The molecule has 1 N–H and O–H groups in total. The summed E-state index contributed by atoms with van der Waals surface area (Å²) in [7, 11) is 0. The highest BCUT2D eigenvalue weighted by molar-refractivity contribution is 5.16. The van der Waals surface area contributed by atoms with Crippen LogP contribution in [0.4, 0.5) is 0 Å². The smallest absolute Gasteiger partial charge is 0.179 e. The van der Waals surface area contributed by atoms with Crippen LogP contribution in [0.3, 0.4) is 0 Å². The summed E-state index contributed by atoms with van der Waals surface area (Å²) in [6.07, 6.45) is -1.72. The molecule has 0 aliphatic carbocycles. The molecule has 0 saturated carbocycles. The van der Waals surface area contributed by atoms with E-state index in [2.05, 4.69) is 6.58 Å². The normalized spacial score (nSPS) is 24.0. The van der Waals surface area contributed by atoms with Crippen LogP contribution in [0.2, 0.25) is 0 Å². The first-order chi connectivity index (χ1) is 11.7. The van der Waals surface area contributed by atoms with Gasteiger partial charge in [-0.15, -0.1) is 0 Å². The summed E-state index contributed by atoms with van der Waals surface area (Å²) < 4.78 is 17.3. The zero-order valence-corrected chi connectivity index (χ0v) is 13.5. The fourth-order valence-corrected chi connectivity index (χ4v) is 2.65. The molecule has 4 nitrogen and oxygen atoms in total. The van der Waals surface area contributed by atoms with Crippen molar-refractivity contribution in [2.45, 2.75) is 31.7 Å². The molecule has 3 rings (SSSR count). The van der Waals surface area contributed by atoms with Crippen LogP contribution in [0.5, 0.6) is 0 Å². The molecule has 1 heterocycles. The number of benzene rings is 2. The molecule has 2 aromatic rings. The second-order valence-corrected chi connectivity index (χ2v) is 5.81. The second kappa shape index (κ2) is 8.22. The van der Waals surface area contributed by atoms with E-state index in [1.54, 1.807) is 0 Å². The Balaban J connectivity index is 1.63. The molecule has 1 aliphatic heterocycles. The number of aliphatic hydroxyl groups is 1. The summed E-state index contributed by atoms with van der Waals surface area (Å²) in [4.78, 5) is 0. The van der Waals surface area contributed by atoms with Crippen molar-refractivity contribution in [3.8, 4) is 0 Å². The van der Waals surface area contributed by atoms with Crippen LogP contribution < -0.4 is 0 Å². The van der Waals surface area contributed by atoms with Crippen LogP contribution in [0, 0.1) is 0 Å². The third-order valence-electron chi connectivity index (χ3n) is 4.02. The molecule has 0 amide bonds. The Morgan fingerprint density at radius 3 is 2.04 bits per heavy atom. The molecule has 0 aromatic heterocycles. The highest BCUT2D eigenvalue weighted by Gasteiger charge is 2.35. The summed E-state index contributed by atoms with van der Waals surface area (Å²) in [5.74, 6) is 0. The van der Waals surface area contributed by atoms with Crippen LogP contribution in [-0.4, -0.2) is 30.2 Å². The Morgan fingerprint density at radius 1 is 0.917 bits per heavy atom. The zero-order valence-electron chi connectivity index (χ0n) is 13.5. The summed E-state index contributed by atoms with van der Waals surface area (Å²) >= 11 is 0. The van der Waals surface area contributed by atoms with Gasteiger partial charge in [-0.05, 0) is 11.1 Å². The molecule has 2 aromatic carbocycles. The quantitative estimate of drug-likeness (QED) is 0.829. The fourth-order valence-electron chi connectivity index (χ4n) is 2.65. The molecule has 1 saturated heterocycles. The van der Waals surface area contributed by atoms with Gasteiger partial charge in [0.2, 0.25) is 0 Å². The van der Waals surface area contributed by atoms with Gasteiger partial charge >= 0.3 is 0 Å². The highest BCUT2D eigenvalue weighted by atomic mass is 16.6. The topological polar surface area (TPSA) is 47.9 Å². The molecule has 0 spiro atoms.